The Bertz CT molecular complexity index is 731. The number of nitrogens with two attached hydrogens (primary N) is 1. The second-order valence-corrected chi connectivity index (χ2v) is 7.65. The SMILES string of the molecule is CCCc1c(-c2ccsc2)c(C(N)=O)c(C)n1CCCN1CCOCC1. The largest absolute Gasteiger partial charge is 0.379 e. The molecule has 0 spiro atoms. The zero-order chi connectivity index (χ0) is 18.5. The first-order valence-electron chi connectivity index (χ1n) is 9.48. The minimum atomic E-state index is -0.326. The summed E-state index contributed by atoms with van der Waals surface area (Å²) in [4.78, 5) is 14.7. The number of hydrogen-bond donors (Lipinski definition) is 1. The Labute approximate surface area is 159 Å². The van der Waals surface area contributed by atoms with Gasteiger partial charge in [0.2, 0.25) is 0 Å². The molecule has 6 heteroatoms. The maximum absolute atomic E-state index is 12.2. The molecule has 2 aromatic heterocycles. The maximum atomic E-state index is 12.2. The van der Waals surface area contributed by atoms with Gasteiger partial charge in [-0.25, -0.2) is 0 Å². The molecule has 3 rings (SSSR count). The van der Waals surface area contributed by atoms with Crippen LogP contribution in [0.3, 0.4) is 0 Å². The van der Waals surface area contributed by atoms with E-state index in [2.05, 4.69) is 33.2 Å². The van der Waals surface area contributed by atoms with E-state index in [1.165, 1.54) is 5.69 Å². The normalized spacial score (nSPS) is 15.5. The molecule has 1 fully saturated rings. The molecule has 1 amide bonds. The van der Waals surface area contributed by atoms with Gasteiger partial charge in [0.15, 0.2) is 0 Å². The number of ether oxygens (including phenoxy) is 1. The first-order valence-corrected chi connectivity index (χ1v) is 10.4. The molecule has 0 atom stereocenters. The van der Waals surface area contributed by atoms with Crippen LogP contribution in [-0.4, -0.2) is 48.2 Å². The number of hydrogen-bond acceptors (Lipinski definition) is 4. The van der Waals surface area contributed by atoms with E-state index in [1.807, 2.05) is 6.92 Å². The molecule has 2 aromatic rings. The lowest BCUT2D eigenvalue weighted by Crippen LogP contribution is -2.37. The van der Waals surface area contributed by atoms with Crippen LogP contribution in [0.4, 0.5) is 0 Å². The number of thiophene rings is 1. The van der Waals surface area contributed by atoms with Gasteiger partial charge in [0, 0.05) is 43.1 Å². The van der Waals surface area contributed by atoms with Gasteiger partial charge in [-0.15, -0.1) is 0 Å². The highest BCUT2D eigenvalue weighted by Gasteiger charge is 2.24. The zero-order valence-electron chi connectivity index (χ0n) is 15.8. The Morgan fingerprint density at radius 2 is 2.08 bits per heavy atom. The average molecular weight is 376 g/mol. The van der Waals surface area contributed by atoms with Crippen LogP contribution in [-0.2, 0) is 17.7 Å². The first kappa shape index (κ1) is 19.1. The number of primary amides is 1. The summed E-state index contributed by atoms with van der Waals surface area (Å²) in [7, 11) is 0. The van der Waals surface area contributed by atoms with Crippen molar-refractivity contribution in [2.75, 3.05) is 32.8 Å². The van der Waals surface area contributed by atoms with Gasteiger partial charge in [-0.1, -0.05) is 13.3 Å². The van der Waals surface area contributed by atoms with Crippen LogP contribution in [0.5, 0.6) is 0 Å². The van der Waals surface area contributed by atoms with Gasteiger partial charge in [-0.2, -0.15) is 11.3 Å². The molecule has 1 saturated heterocycles. The number of morpholine rings is 1. The fourth-order valence-corrected chi connectivity index (χ4v) is 4.54. The predicted octanol–water partition coefficient (Wildman–Crippen LogP) is 3.30. The van der Waals surface area contributed by atoms with E-state index in [4.69, 9.17) is 10.5 Å². The lowest BCUT2D eigenvalue weighted by molar-refractivity contribution is 0.0369. The van der Waals surface area contributed by atoms with Crippen molar-refractivity contribution in [1.29, 1.82) is 0 Å². The monoisotopic (exact) mass is 375 g/mol. The molecule has 0 aliphatic carbocycles. The number of carbonyl (C=O) groups excluding carboxylic acids is 1. The van der Waals surface area contributed by atoms with Gasteiger partial charge in [0.25, 0.3) is 5.91 Å². The third kappa shape index (κ3) is 4.03. The van der Waals surface area contributed by atoms with Crippen LogP contribution in [0.15, 0.2) is 16.8 Å². The van der Waals surface area contributed by atoms with E-state index in [0.717, 1.165) is 75.5 Å². The summed E-state index contributed by atoms with van der Waals surface area (Å²) in [6.07, 6.45) is 3.06. The van der Waals surface area contributed by atoms with E-state index in [1.54, 1.807) is 11.3 Å². The van der Waals surface area contributed by atoms with Crippen molar-refractivity contribution < 1.29 is 9.53 Å². The number of amides is 1. The maximum Gasteiger partial charge on any atom is 0.251 e. The van der Waals surface area contributed by atoms with Crippen LogP contribution in [0, 0.1) is 6.92 Å². The van der Waals surface area contributed by atoms with Crippen LogP contribution in [0.25, 0.3) is 11.1 Å². The van der Waals surface area contributed by atoms with Gasteiger partial charge in [0.05, 0.1) is 18.8 Å². The summed E-state index contributed by atoms with van der Waals surface area (Å²) in [5, 5.41) is 4.17. The highest BCUT2D eigenvalue weighted by atomic mass is 32.1. The zero-order valence-corrected chi connectivity index (χ0v) is 16.6. The molecule has 0 saturated carbocycles. The molecule has 0 radical (unpaired) electrons. The minimum absolute atomic E-state index is 0.326. The van der Waals surface area contributed by atoms with Crippen molar-refractivity contribution in [3.8, 4) is 11.1 Å². The summed E-state index contributed by atoms with van der Waals surface area (Å²) in [6, 6.07) is 2.09. The molecule has 1 aliphatic heterocycles. The number of rotatable bonds is 8. The topological polar surface area (TPSA) is 60.5 Å². The summed E-state index contributed by atoms with van der Waals surface area (Å²) < 4.78 is 7.75. The quantitative estimate of drug-likeness (QED) is 0.770. The van der Waals surface area contributed by atoms with E-state index in [0.29, 0.717) is 5.56 Å². The van der Waals surface area contributed by atoms with Gasteiger partial charge in [-0.05, 0) is 42.2 Å². The van der Waals surface area contributed by atoms with E-state index < -0.39 is 0 Å². The van der Waals surface area contributed by atoms with Crippen molar-refractivity contribution in [2.24, 2.45) is 5.73 Å². The summed E-state index contributed by atoms with van der Waals surface area (Å²) >= 11 is 1.65. The summed E-state index contributed by atoms with van der Waals surface area (Å²) in [5.41, 5.74) is 10.9. The highest BCUT2D eigenvalue weighted by molar-refractivity contribution is 7.08. The Morgan fingerprint density at radius 1 is 1.31 bits per heavy atom. The van der Waals surface area contributed by atoms with Gasteiger partial charge < -0.3 is 15.0 Å². The van der Waals surface area contributed by atoms with Crippen LogP contribution >= 0.6 is 11.3 Å². The summed E-state index contributed by atoms with van der Waals surface area (Å²) in [5.74, 6) is -0.326. The van der Waals surface area contributed by atoms with Crippen LogP contribution in [0.2, 0.25) is 0 Å². The van der Waals surface area contributed by atoms with Crippen molar-refractivity contribution in [2.45, 2.75) is 39.7 Å². The van der Waals surface area contributed by atoms with Crippen LogP contribution < -0.4 is 5.73 Å². The van der Waals surface area contributed by atoms with Crippen molar-refractivity contribution in [1.82, 2.24) is 9.47 Å². The standard InChI is InChI=1S/C20H29N3O2S/c1-3-5-17-19(16-6-13-26-14-16)18(20(21)24)15(2)23(17)8-4-7-22-9-11-25-12-10-22/h6,13-14H,3-5,7-12H2,1-2H3,(H2,21,24). The molecule has 1 aliphatic rings. The summed E-state index contributed by atoms with van der Waals surface area (Å²) in [6.45, 7) is 9.88. The lowest BCUT2D eigenvalue weighted by Gasteiger charge is -2.26. The molecular weight excluding hydrogens is 346 g/mol. The third-order valence-corrected chi connectivity index (χ3v) is 5.82. The molecule has 0 unspecified atom stereocenters. The van der Waals surface area contributed by atoms with Crippen molar-refractivity contribution >= 4 is 17.2 Å². The van der Waals surface area contributed by atoms with Crippen molar-refractivity contribution in [3.05, 3.63) is 33.8 Å². The Morgan fingerprint density at radius 3 is 2.69 bits per heavy atom. The highest BCUT2D eigenvalue weighted by Crippen LogP contribution is 2.35. The second-order valence-electron chi connectivity index (χ2n) is 6.87. The molecule has 3 heterocycles. The molecule has 5 nitrogen and oxygen atoms in total. The van der Waals surface area contributed by atoms with E-state index >= 15 is 0 Å². The fourth-order valence-electron chi connectivity index (χ4n) is 3.89. The smallest absolute Gasteiger partial charge is 0.251 e. The Kier molecular flexibility index (Phi) is 6.51. The number of carbonyl (C=O) groups is 1. The second kappa shape index (κ2) is 8.84. The third-order valence-electron chi connectivity index (χ3n) is 5.13. The molecule has 2 N–H and O–H groups in total. The lowest BCUT2D eigenvalue weighted by atomic mass is 10.0. The van der Waals surface area contributed by atoms with Gasteiger partial charge >= 0.3 is 0 Å². The minimum Gasteiger partial charge on any atom is -0.379 e. The van der Waals surface area contributed by atoms with E-state index in [-0.39, 0.29) is 5.91 Å². The average Bonchev–Trinajstić information content (AvgIpc) is 3.24. The molecule has 142 valence electrons. The molecule has 26 heavy (non-hydrogen) atoms. The molecular formula is C20H29N3O2S. The van der Waals surface area contributed by atoms with Gasteiger partial charge in [-0.3, -0.25) is 9.69 Å². The molecule has 0 bridgehead atoms. The Hall–Kier alpha value is -1.63. The van der Waals surface area contributed by atoms with Crippen LogP contribution in [0.1, 0.15) is 41.5 Å². The number of aromatic nitrogens is 1. The number of nitrogens with zero attached hydrogens (tertiary/aromatic N) is 2. The van der Waals surface area contributed by atoms with E-state index in [9.17, 15) is 4.79 Å². The fraction of sp³-hybridized carbons (Fsp3) is 0.550. The Balaban J connectivity index is 1.88. The van der Waals surface area contributed by atoms with Crippen molar-refractivity contribution in [3.63, 3.8) is 0 Å². The predicted molar refractivity (Wildman–Crippen MR) is 107 cm³/mol. The molecule has 0 aromatic carbocycles. The van der Waals surface area contributed by atoms with Gasteiger partial charge in [0.1, 0.15) is 0 Å². The first-order chi connectivity index (χ1) is 12.6.